The van der Waals surface area contributed by atoms with Crippen LogP contribution in [0.1, 0.15) is 60.1 Å². The molecule has 2 atom stereocenters. The van der Waals surface area contributed by atoms with E-state index in [2.05, 4.69) is 207 Å². The van der Waals surface area contributed by atoms with Crippen LogP contribution in [0.2, 0.25) is 0 Å². The molecule has 0 aromatic heterocycles. The highest BCUT2D eigenvalue weighted by molar-refractivity contribution is 5.93. The Bertz CT molecular complexity index is 2510. The minimum absolute atomic E-state index is 0.248. The van der Waals surface area contributed by atoms with Crippen LogP contribution in [0.15, 0.2) is 188 Å². The Morgan fingerprint density at radius 3 is 1.25 bits per heavy atom. The number of hydrogen-bond acceptors (Lipinski definition) is 1. The predicted octanol–water partition coefficient (Wildman–Crippen LogP) is 13.8. The lowest BCUT2D eigenvalue weighted by molar-refractivity contribution is 0.609. The van der Waals surface area contributed by atoms with E-state index in [9.17, 15) is 0 Å². The molecule has 1 heteroatoms. The van der Waals surface area contributed by atoms with Crippen LogP contribution in [0.25, 0.3) is 33.0 Å². The fourth-order valence-electron chi connectivity index (χ4n) is 9.99. The van der Waals surface area contributed by atoms with Gasteiger partial charge in [0.05, 0.1) is 0 Å². The van der Waals surface area contributed by atoms with Crippen LogP contribution in [-0.2, 0) is 10.8 Å². The lowest BCUT2D eigenvalue weighted by atomic mass is 9.70. The van der Waals surface area contributed by atoms with E-state index in [4.69, 9.17) is 0 Å². The lowest BCUT2D eigenvalue weighted by Gasteiger charge is -2.34. The predicted molar refractivity (Wildman–Crippen MR) is 223 cm³/mol. The molecule has 0 radical (unpaired) electrons. The minimum Gasteiger partial charge on any atom is -0.310 e. The Morgan fingerprint density at radius 2 is 0.736 bits per heavy atom. The highest BCUT2D eigenvalue weighted by atomic mass is 15.1. The van der Waals surface area contributed by atoms with E-state index in [0.29, 0.717) is 0 Å². The second kappa shape index (κ2) is 12.2. The number of nitrogens with zero attached hydrogens (tertiary/aromatic N) is 1. The number of benzene rings is 8. The Kier molecular flexibility index (Phi) is 7.27. The van der Waals surface area contributed by atoms with Crippen molar-refractivity contribution in [3.63, 3.8) is 0 Å². The molecule has 0 N–H and O–H groups in total. The molecule has 53 heavy (non-hydrogen) atoms. The van der Waals surface area contributed by atoms with Gasteiger partial charge in [-0.05, 0) is 116 Å². The van der Waals surface area contributed by atoms with Gasteiger partial charge in [0.15, 0.2) is 0 Å². The van der Waals surface area contributed by atoms with Crippen LogP contribution < -0.4 is 4.90 Å². The summed E-state index contributed by atoms with van der Waals surface area (Å²) in [6, 6.07) is 70.4. The molecule has 8 aromatic rings. The van der Waals surface area contributed by atoms with Crippen LogP contribution in [-0.4, -0.2) is 0 Å². The average Bonchev–Trinajstić information content (AvgIpc) is 3.69. The van der Waals surface area contributed by atoms with Gasteiger partial charge in [-0.15, -0.1) is 0 Å². The van der Waals surface area contributed by atoms with Gasteiger partial charge in [-0.2, -0.15) is 0 Å². The van der Waals surface area contributed by atoms with Gasteiger partial charge in [0.25, 0.3) is 0 Å². The molecule has 0 amide bonds. The summed E-state index contributed by atoms with van der Waals surface area (Å²) in [6.45, 7) is 4.69. The smallest absolute Gasteiger partial charge is 0.0468 e. The third kappa shape index (κ3) is 4.50. The van der Waals surface area contributed by atoms with Crippen molar-refractivity contribution in [2.75, 3.05) is 4.90 Å². The van der Waals surface area contributed by atoms with E-state index < -0.39 is 0 Å². The molecular formula is C52H41N. The van der Waals surface area contributed by atoms with Crippen molar-refractivity contribution in [2.45, 2.75) is 37.5 Å². The first-order valence-electron chi connectivity index (χ1n) is 19.1. The molecule has 2 aliphatic rings. The van der Waals surface area contributed by atoms with Crippen molar-refractivity contribution in [3.05, 3.63) is 221 Å². The maximum Gasteiger partial charge on any atom is 0.0468 e. The zero-order chi connectivity index (χ0) is 35.6. The first-order valence-corrected chi connectivity index (χ1v) is 19.1. The van der Waals surface area contributed by atoms with Crippen molar-refractivity contribution < 1.29 is 0 Å². The Morgan fingerprint density at radius 1 is 0.340 bits per heavy atom. The summed E-state index contributed by atoms with van der Waals surface area (Å²) in [4.78, 5) is 2.50. The number of anilines is 3. The zero-order valence-electron chi connectivity index (χ0n) is 30.3. The van der Waals surface area contributed by atoms with Gasteiger partial charge in [0.2, 0.25) is 0 Å². The maximum absolute atomic E-state index is 2.50. The fraction of sp³-hybridized carbons (Fsp3) is 0.115. The van der Waals surface area contributed by atoms with Crippen molar-refractivity contribution in [3.8, 4) is 22.3 Å². The van der Waals surface area contributed by atoms with E-state index in [1.807, 2.05) is 0 Å². The fourth-order valence-corrected chi connectivity index (χ4v) is 9.99. The second-order valence-corrected chi connectivity index (χ2v) is 14.7. The molecule has 8 aromatic carbocycles. The minimum atomic E-state index is -0.248. The van der Waals surface area contributed by atoms with Crippen LogP contribution in [0.5, 0.6) is 0 Å². The van der Waals surface area contributed by atoms with Gasteiger partial charge in [0.1, 0.15) is 0 Å². The molecule has 0 heterocycles. The van der Waals surface area contributed by atoms with E-state index in [0.717, 1.165) is 29.9 Å². The van der Waals surface area contributed by atoms with Gasteiger partial charge in [-0.25, -0.2) is 0 Å². The van der Waals surface area contributed by atoms with E-state index >= 15 is 0 Å². The summed E-state index contributed by atoms with van der Waals surface area (Å²) in [5.41, 5.74) is 16.5. The van der Waals surface area contributed by atoms with E-state index in [1.165, 1.54) is 66.4 Å². The highest BCUT2D eigenvalue weighted by Gasteiger charge is 2.45. The second-order valence-electron chi connectivity index (χ2n) is 14.7. The number of rotatable bonds is 7. The topological polar surface area (TPSA) is 3.24 Å². The first kappa shape index (κ1) is 31.5. The summed E-state index contributed by atoms with van der Waals surface area (Å²) in [5, 5.41) is 2.48. The maximum atomic E-state index is 2.50. The van der Waals surface area contributed by atoms with Crippen molar-refractivity contribution in [1.29, 1.82) is 0 Å². The summed E-state index contributed by atoms with van der Waals surface area (Å²) >= 11 is 0. The van der Waals surface area contributed by atoms with Crippen LogP contribution in [0, 0.1) is 0 Å². The Hall–Kier alpha value is -6.18. The number of fused-ring (bicyclic) bond motifs is 7. The summed E-state index contributed by atoms with van der Waals surface area (Å²) in [7, 11) is 0. The Balaban J connectivity index is 1.23. The van der Waals surface area contributed by atoms with Crippen molar-refractivity contribution in [1.82, 2.24) is 0 Å². The SMILES string of the molecule is CCC1(c2ccccc2)c2ccccc2-c2ccc(N(c3ccc4c(c3)C(CC)(c3ccccc3)c3ccccc3-4)c3ccc4ccccc4c3)cc21. The van der Waals surface area contributed by atoms with Gasteiger partial charge in [-0.1, -0.05) is 166 Å². The van der Waals surface area contributed by atoms with Crippen LogP contribution in [0.3, 0.4) is 0 Å². The quantitative estimate of drug-likeness (QED) is 0.162. The molecule has 0 aliphatic heterocycles. The number of hydrogen-bond donors (Lipinski definition) is 0. The molecule has 0 fully saturated rings. The van der Waals surface area contributed by atoms with Crippen molar-refractivity contribution >= 4 is 27.8 Å². The van der Waals surface area contributed by atoms with E-state index in [-0.39, 0.29) is 10.8 Å². The molecule has 0 spiro atoms. The lowest BCUT2D eigenvalue weighted by Crippen LogP contribution is -2.26. The summed E-state index contributed by atoms with van der Waals surface area (Å²) in [5.74, 6) is 0. The molecule has 2 unspecified atom stereocenters. The third-order valence-electron chi connectivity index (χ3n) is 12.4. The molecule has 10 rings (SSSR count). The summed E-state index contributed by atoms with van der Waals surface area (Å²) < 4.78 is 0. The average molecular weight is 680 g/mol. The zero-order valence-corrected chi connectivity index (χ0v) is 30.3. The molecule has 0 bridgehead atoms. The van der Waals surface area contributed by atoms with Crippen LogP contribution in [0.4, 0.5) is 17.1 Å². The standard InChI is InChI=1S/C52H41N/c1-3-51(38-19-7-5-8-20-38)47-25-15-13-23-43(47)45-31-29-41(34-49(45)51)53(40-28-27-36-17-11-12-18-37(36)33-40)42-30-32-46-44-24-14-16-26-48(44)52(4-2,50(46)35-42)39-21-9-6-10-22-39/h5-35H,3-4H2,1-2H3. The summed E-state index contributed by atoms with van der Waals surface area (Å²) in [6.07, 6.45) is 1.93. The molecular weight excluding hydrogens is 639 g/mol. The molecule has 254 valence electrons. The molecule has 0 saturated carbocycles. The van der Waals surface area contributed by atoms with Gasteiger partial charge in [-0.3, -0.25) is 0 Å². The van der Waals surface area contributed by atoms with Gasteiger partial charge >= 0.3 is 0 Å². The highest BCUT2D eigenvalue weighted by Crippen LogP contribution is 2.58. The molecule has 1 nitrogen and oxygen atoms in total. The monoisotopic (exact) mass is 679 g/mol. The van der Waals surface area contributed by atoms with Gasteiger partial charge in [0, 0.05) is 27.9 Å². The van der Waals surface area contributed by atoms with E-state index in [1.54, 1.807) is 0 Å². The molecule has 2 aliphatic carbocycles. The first-order chi connectivity index (χ1) is 26.2. The largest absolute Gasteiger partial charge is 0.310 e. The molecule has 0 saturated heterocycles. The van der Waals surface area contributed by atoms with Gasteiger partial charge < -0.3 is 4.90 Å². The Labute approximate surface area is 312 Å². The normalized spacial score (nSPS) is 17.9. The third-order valence-corrected chi connectivity index (χ3v) is 12.4. The van der Waals surface area contributed by atoms with Crippen LogP contribution >= 0.6 is 0 Å². The van der Waals surface area contributed by atoms with Crippen molar-refractivity contribution in [2.24, 2.45) is 0 Å².